The number of amides is 1. The van der Waals surface area contributed by atoms with E-state index in [0.717, 1.165) is 58.2 Å². The molecule has 2 aliphatic heterocycles. The van der Waals surface area contributed by atoms with E-state index in [4.69, 9.17) is 5.73 Å². The maximum absolute atomic E-state index is 12.0. The van der Waals surface area contributed by atoms with E-state index >= 15 is 0 Å². The van der Waals surface area contributed by atoms with Crippen LogP contribution >= 0.6 is 0 Å². The number of nitrogens with two attached hydrogens (primary N) is 1. The summed E-state index contributed by atoms with van der Waals surface area (Å²) >= 11 is 0. The van der Waals surface area contributed by atoms with Gasteiger partial charge in [-0.3, -0.25) is 9.69 Å². The Labute approximate surface area is 109 Å². The van der Waals surface area contributed by atoms with Gasteiger partial charge in [0.15, 0.2) is 0 Å². The molecule has 0 unspecified atom stereocenters. The van der Waals surface area contributed by atoms with Gasteiger partial charge in [-0.1, -0.05) is 0 Å². The van der Waals surface area contributed by atoms with Gasteiger partial charge in [-0.2, -0.15) is 0 Å². The minimum Gasteiger partial charge on any atom is -0.368 e. The van der Waals surface area contributed by atoms with Gasteiger partial charge in [-0.15, -0.1) is 0 Å². The molecular formula is C13H24N4O. The molecule has 18 heavy (non-hydrogen) atoms. The largest absolute Gasteiger partial charge is 0.368 e. The van der Waals surface area contributed by atoms with Gasteiger partial charge in [0.25, 0.3) is 0 Å². The molecule has 102 valence electrons. The Kier molecular flexibility index (Phi) is 3.30. The van der Waals surface area contributed by atoms with Gasteiger partial charge in [0.2, 0.25) is 5.91 Å². The average molecular weight is 252 g/mol. The number of carbonyl (C=O) groups excluding carboxylic acids is 1. The Morgan fingerprint density at radius 1 is 1.11 bits per heavy atom. The molecule has 5 nitrogen and oxygen atoms in total. The molecule has 0 aromatic heterocycles. The lowest BCUT2D eigenvalue weighted by molar-refractivity contribution is -0.134. The summed E-state index contributed by atoms with van der Waals surface area (Å²) in [4.78, 5) is 16.9. The van der Waals surface area contributed by atoms with Crippen LogP contribution in [-0.4, -0.2) is 66.6 Å². The number of likely N-dealkylation sites (tertiary alicyclic amines) is 1. The Bertz CT molecular complexity index is 315. The number of carbonyl (C=O) groups is 1. The monoisotopic (exact) mass is 252 g/mol. The highest BCUT2D eigenvalue weighted by Crippen LogP contribution is 2.35. The Morgan fingerprint density at radius 2 is 1.72 bits per heavy atom. The van der Waals surface area contributed by atoms with Gasteiger partial charge in [0.05, 0.1) is 0 Å². The highest BCUT2D eigenvalue weighted by atomic mass is 16.1. The second kappa shape index (κ2) is 4.79. The summed E-state index contributed by atoms with van der Waals surface area (Å²) in [6.07, 6.45) is 4.52. The number of rotatable bonds is 3. The molecule has 2 saturated heterocycles. The topological polar surface area (TPSA) is 61.6 Å². The second-order valence-electron chi connectivity index (χ2n) is 5.90. The molecule has 0 spiro atoms. The van der Waals surface area contributed by atoms with Crippen LogP contribution in [0.2, 0.25) is 0 Å². The molecule has 1 saturated carbocycles. The molecule has 5 heteroatoms. The third-order valence-electron chi connectivity index (χ3n) is 4.87. The van der Waals surface area contributed by atoms with Gasteiger partial charge >= 0.3 is 0 Å². The van der Waals surface area contributed by atoms with Crippen LogP contribution in [0.1, 0.15) is 25.7 Å². The van der Waals surface area contributed by atoms with Gasteiger partial charge < -0.3 is 16.0 Å². The second-order valence-corrected chi connectivity index (χ2v) is 5.90. The van der Waals surface area contributed by atoms with E-state index in [0.29, 0.717) is 0 Å². The number of piperazine rings is 1. The Morgan fingerprint density at radius 3 is 2.22 bits per heavy atom. The van der Waals surface area contributed by atoms with E-state index in [-0.39, 0.29) is 11.4 Å². The quantitative estimate of drug-likeness (QED) is 0.702. The van der Waals surface area contributed by atoms with E-state index in [2.05, 4.69) is 15.1 Å². The van der Waals surface area contributed by atoms with Crippen molar-refractivity contribution < 1.29 is 4.79 Å². The summed E-state index contributed by atoms with van der Waals surface area (Å²) in [6.45, 7) is 5.93. The van der Waals surface area contributed by atoms with Crippen LogP contribution in [0, 0.1) is 0 Å². The maximum atomic E-state index is 12.0. The summed E-state index contributed by atoms with van der Waals surface area (Å²) in [5.74, 6) is -0.111. The summed E-state index contributed by atoms with van der Waals surface area (Å²) < 4.78 is 0. The van der Waals surface area contributed by atoms with E-state index in [1.165, 1.54) is 12.8 Å². The average Bonchev–Trinajstić information content (AvgIpc) is 3.24. The molecule has 0 aromatic carbocycles. The molecule has 0 bridgehead atoms. The highest BCUT2D eigenvalue weighted by molar-refractivity contribution is 5.84. The standard InChI is InChI=1S/C13H24N4O/c14-12(18)13(17-9-5-15-6-10-17)3-7-16(8-4-13)11-1-2-11/h11,15H,1-10H2,(H2,14,18). The zero-order chi connectivity index (χ0) is 12.6. The first-order valence-corrected chi connectivity index (χ1v) is 7.22. The highest BCUT2D eigenvalue weighted by Gasteiger charge is 2.46. The number of nitrogens with one attached hydrogen (secondary N) is 1. The molecule has 0 radical (unpaired) electrons. The Hall–Kier alpha value is -0.650. The van der Waals surface area contributed by atoms with Crippen molar-refractivity contribution in [3.05, 3.63) is 0 Å². The van der Waals surface area contributed by atoms with Crippen molar-refractivity contribution >= 4 is 5.91 Å². The molecule has 3 rings (SSSR count). The van der Waals surface area contributed by atoms with Gasteiger partial charge in [-0.05, 0) is 25.7 Å². The molecule has 1 amide bonds. The summed E-state index contributed by atoms with van der Waals surface area (Å²) in [5.41, 5.74) is 5.38. The molecule has 0 atom stereocenters. The number of primary amides is 1. The molecule has 0 aromatic rings. The molecule has 3 N–H and O–H groups in total. The van der Waals surface area contributed by atoms with Crippen molar-refractivity contribution in [2.45, 2.75) is 37.3 Å². The van der Waals surface area contributed by atoms with E-state index in [1.807, 2.05) is 0 Å². The van der Waals surface area contributed by atoms with Crippen LogP contribution < -0.4 is 11.1 Å². The van der Waals surface area contributed by atoms with Crippen molar-refractivity contribution in [2.75, 3.05) is 39.3 Å². The van der Waals surface area contributed by atoms with Crippen molar-refractivity contribution in [1.82, 2.24) is 15.1 Å². The van der Waals surface area contributed by atoms with E-state index < -0.39 is 0 Å². The smallest absolute Gasteiger partial charge is 0.238 e. The van der Waals surface area contributed by atoms with Crippen molar-refractivity contribution in [3.8, 4) is 0 Å². The van der Waals surface area contributed by atoms with Crippen LogP contribution in [0.25, 0.3) is 0 Å². The van der Waals surface area contributed by atoms with Crippen LogP contribution in [0.3, 0.4) is 0 Å². The molecule has 3 fully saturated rings. The van der Waals surface area contributed by atoms with Gasteiger partial charge in [-0.25, -0.2) is 0 Å². The van der Waals surface area contributed by atoms with Crippen LogP contribution in [-0.2, 0) is 4.79 Å². The number of nitrogens with zero attached hydrogens (tertiary/aromatic N) is 2. The fourth-order valence-electron chi connectivity index (χ4n) is 3.51. The van der Waals surface area contributed by atoms with E-state index in [9.17, 15) is 4.79 Å². The van der Waals surface area contributed by atoms with Crippen molar-refractivity contribution in [3.63, 3.8) is 0 Å². The lowest BCUT2D eigenvalue weighted by Crippen LogP contribution is -2.65. The fraction of sp³-hybridized carbons (Fsp3) is 0.923. The predicted octanol–water partition coefficient (Wildman–Crippen LogP) is -0.626. The van der Waals surface area contributed by atoms with Gasteiger partial charge in [0, 0.05) is 45.3 Å². The summed E-state index contributed by atoms with van der Waals surface area (Å²) in [7, 11) is 0. The number of hydrogen-bond acceptors (Lipinski definition) is 4. The normalized spacial score (nSPS) is 30.2. The molecule has 2 heterocycles. The lowest BCUT2D eigenvalue weighted by Gasteiger charge is -2.48. The fourth-order valence-corrected chi connectivity index (χ4v) is 3.51. The Balaban J connectivity index is 1.69. The van der Waals surface area contributed by atoms with Crippen molar-refractivity contribution in [2.24, 2.45) is 5.73 Å². The van der Waals surface area contributed by atoms with Gasteiger partial charge in [0.1, 0.15) is 5.54 Å². The zero-order valence-electron chi connectivity index (χ0n) is 11.0. The first kappa shape index (κ1) is 12.4. The molecule has 3 aliphatic rings. The molecular weight excluding hydrogens is 228 g/mol. The maximum Gasteiger partial charge on any atom is 0.238 e. The van der Waals surface area contributed by atoms with Crippen LogP contribution in [0.5, 0.6) is 0 Å². The summed E-state index contributed by atoms with van der Waals surface area (Å²) in [6, 6.07) is 0.805. The third kappa shape index (κ3) is 2.15. The first-order chi connectivity index (χ1) is 8.72. The minimum absolute atomic E-state index is 0.111. The zero-order valence-corrected chi connectivity index (χ0v) is 11.0. The minimum atomic E-state index is -0.368. The number of hydrogen-bond donors (Lipinski definition) is 2. The lowest BCUT2D eigenvalue weighted by atomic mass is 9.84. The SMILES string of the molecule is NC(=O)C1(N2CCNCC2)CCN(C2CC2)CC1. The van der Waals surface area contributed by atoms with Crippen LogP contribution in [0.4, 0.5) is 0 Å². The number of piperidine rings is 1. The first-order valence-electron chi connectivity index (χ1n) is 7.22. The molecule has 1 aliphatic carbocycles. The van der Waals surface area contributed by atoms with Crippen LogP contribution in [0.15, 0.2) is 0 Å². The summed E-state index contributed by atoms with van der Waals surface area (Å²) in [5, 5.41) is 3.34. The third-order valence-corrected chi connectivity index (χ3v) is 4.87. The predicted molar refractivity (Wildman–Crippen MR) is 70.2 cm³/mol. The van der Waals surface area contributed by atoms with E-state index in [1.54, 1.807) is 0 Å². The van der Waals surface area contributed by atoms with Crippen molar-refractivity contribution in [1.29, 1.82) is 0 Å².